The van der Waals surface area contributed by atoms with E-state index in [-0.39, 0.29) is 6.61 Å². The maximum atomic E-state index is 12.4. The van der Waals surface area contributed by atoms with E-state index in [1.54, 1.807) is 13.8 Å². The molecule has 22 heavy (non-hydrogen) atoms. The number of hydrogen-bond donors (Lipinski definition) is 0. The quantitative estimate of drug-likeness (QED) is 0.334. The normalized spacial score (nSPS) is 24.2. The van der Waals surface area contributed by atoms with Gasteiger partial charge in [0, 0.05) is 5.88 Å². The maximum absolute atomic E-state index is 12.4. The van der Waals surface area contributed by atoms with E-state index in [2.05, 4.69) is 0 Å². The van der Waals surface area contributed by atoms with Gasteiger partial charge in [0.1, 0.15) is 5.03 Å². The fraction of sp³-hybridized carbons (Fsp3) is 0.800. The Balaban J connectivity index is 2.43. The van der Waals surface area contributed by atoms with Crippen molar-refractivity contribution < 1.29 is 22.7 Å². The highest BCUT2D eigenvalue weighted by molar-refractivity contribution is 6.30. The van der Waals surface area contributed by atoms with Crippen molar-refractivity contribution in [2.45, 2.75) is 45.7 Å². The minimum absolute atomic E-state index is 0.289. The predicted octanol–water partition coefficient (Wildman–Crippen LogP) is 5.29. The van der Waals surface area contributed by atoms with Crippen molar-refractivity contribution in [3.8, 4) is 0 Å². The van der Waals surface area contributed by atoms with Gasteiger partial charge in [0.15, 0.2) is 0 Å². The Bertz CT molecular complexity index is 420. The summed E-state index contributed by atoms with van der Waals surface area (Å²) in [7, 11) is 0. The summed E-state index contributed by atoms with van der Waals surface area (Å²) >= 11 is 10.8. The van der Waals surface area contributed by atoms with Crippen LogP contribution in [0.2, 0.25) is 0 Å². The second-order valence-electron chi connectivity index (χ2n) is 6.11. The molecule has 0 spiro atoms. The zero-order valence-electron chi connectivity index (χ0n) is 12.7. The largest absolute Gasteiger partial charge is 0.465 e. The Hall–Kier alpha value is -0.420. The van der Waals surface area contributed by atoms with Gasteiger partial charge in [-0.05, 0) is 24.2 Å². The number of ether oxygens (including phenoxy) is 1. The molecular weight excluding hydrogens is 340 g/mol. The smallest absolute Gasteiger partial charge is 0.426 e. The topological polar surface area (TPSA) is 26.3 Å². The van der Waals surface area contributed by atoms with Gasteiger partial charge >= 0.3 is 12.1 Å². The van der Waals surface area contributed by atoms with Crippen molar-refractivity contribution in [2.75, 3.05) is 12.5 Å². The third-order valence-electron chi connectivity index (χ3n) is 4.03. The highest BCUT2D eigenvalue weighted by atomic mass is 35.5. The zero-order valence-corrected chi connectivity index (χ0v) is 14.2. The summed E-state index contributed by atoms with van der Waals surface area (Å²) < 4.78 is 42.5. The summed E-state index contributed by atoms with van der Waals surface area (Å²) in [5.41, 5.74) is -0.554. The average Bonchev–Trinajstić information content (AvgIpc) is 2.93. The number of alkyl halides is 4. The van der Waals surface area contributed by atoms with E-state index < -0.39 is 34.4 Å². The van der Waals surface area contributed by atoms with E-state index in [4.69, 9.17) is 27.9 Å². The van der Waals surface area contributed by atoms with Crippen LogP contribution in [0.1, 0.15) is 39.5 Å². The van der Waals surface area contributed by atoms with Crippen LogP contribution in [-0.4, -0.2) is 24.6 Å². The van der Waals surface area contributed by atoms with Crippen molar-refractivity contribution in [1.82, 2.24) is 0 Å². The first-order valence-corrected chi connectivity index (χ1v) is 8.20. The number of hydrogen-bond acceptors (Lipinski definition) is 2. The number of carbonyl (C=O) groups excluding carboxylic acids is 1. The van der Waals surface area contributed by atoms with E-state index in [1.165, 1.54) is 0 Å². The van der Waals surface area contributed by atoms with Crippen LogP contribution in [0.4, 0.5) is 13.2 Å². The molecule has 0 saturated heterocycles. The van der Waals surface area contributed by atoms with E-state index in [0.717, 1.165) is 31.8 Å². The van der Waals surface area contributed by atoms with Gasteiger partial charge in [-0.15, -0.1) is 11.6 Å². The molecule has 1 aliphatic rings. The number of carbonyl (C=O) groups is 1. The predicted molar refractivity (Wildman–Crippen MR) is 80.9 cm³/mol. The summed E-state index contributed by atoms with van der Waals surface area (Å²) in [6.45, 7) is 3.76. The molecule has 0 aromatic rings. The second kappa shape index (κ2) is 7.91. The molecule has 0 aliphatic heterocycles. The maximum Gasteiger partial charge on any atom is 0.426 e. The SMILES string of the molecule is CC1(C)C(/C=C(/Cl)C(F)(F)F)C1C(=O)OCCCCCCCl. The molecule has 1 rings (SSSR count). The fourth-order valence-corrected chi connectivity index (χ4v) is 2.83. The minimum atomic E-state index is -4.57. The summed E-state index contributed by atoms with van der Waals surface area (Å²) in [5, 5.41) is -1.18. The minimum Gasteiger partial charge on any atom is -0.465 e. The highest BCUT2D eigenvalue weighted by Gasteiger charge is 2.62. The van der Waals surface area contributed by atoms with E-state index in [0.29, 0.717) is 5.88 Å². The Morgan fingerprint density at radius 2 is 1.82 bits per heavy atom. The molecule has 2 atom stereocenters. The van der Waals surface area contributed by atoms with Crippen LogP contribution >= 0.6 is 23.2 Å². The lowest BCUT2D eigenvalue weighted by Crippen LogP contribution is -2.12. The summed E-state index contributed by atoms with van der Waals surface area (Å²) in [4.78, 5) is 12.0. The standard InChI is InChI=1S/C15H21Cl2F3O2/c1-14(2)10(9-11(17)15(18,19)20)12(14)13(21)22-8-6-4-3-5-7-16/h9-10,12H,3-8H2,1-2H3/b11-9+. The van der Waals surface area contributed by atoms with Crippen LogP contribution in [0.15, 0.2) is 11.1 Å². The number of esters is 1. The lowest BCUT2D eigenvalue weighted by Gasteiger charge is -2.05. The molecule has 1 aliphatic carbocycles. The molecule has 0 N–H and O–H groups in total. The first-order valence-electron chi connectivity index (χ1n) is 7.29. The number of halogens is 5. The van der Waals surface area contributed by atoms with E-state index >= 15 is 0 Å². The highest BCUT2D eigenvalue weighted by Crippen LogP contribution is 2.60. The number of unbranched alkanes of at least 4 members (excludes halogenated alkanes) is 3. The van der Waals surface area contributed by atoms with Gasteiger partial charge in [-0.25, -0.2) is 0 Å². The molecule has 2 unspecified atom stereocenters. The molecule has 2 nitrogen and oxygen atoms in total. The van der Waals surface area contributed by atoms with E-state index in [1.807, 2.05) is 0 Å². The molecule has 1 saturated carbocycles. The Morgan fingerprint density at radius 1 is 1.23 bits per heavy atom. The van der Waals surface area contributed by atoms with Crippen molar-refractivity contribution in [3.63, 3.8) is 0 Å². The molecule has 0 heterocycles. The third-order valence-corrected chi connectivity index (χ3v) is 4.64. The molecule has 128 valence electrons. The number of rotatable bonds is 8. The summed E-state index contributed by atoms with van der Waals surface area (Å²) in [6.07, 6.45) is -0.0988. The van der Waals surface area contributed by atoms with Crippen molar-refractivity contribution in [2.24, 2.45) is 17.3 Å². The van der Waals surface area contributed by atoms with Crippen molar-refractivity contribution >= 4 is 29.2 Å². The van der Waals surface area contributed by atoms with Gasteiger partial charge in [-0.2, -0.15) is 13.2 Å². The van der Waals surface area contributed by atoms with Crippen LogP contribution in [0.3, 0.4) is 0 Å². The van der Waals surface area contributed by atoms with Gasteiger partial charge in [-0.1, -0.05) is 44.4 Å². The molecule has 0 aromatic heterocycles. The molecule has 0 amide bonds. The van der Waals surface area contributed by atoms with Crippen molar-refractivity contribution in [1.29, 1.82) is 0 Å². The van der Waals surface area contributed by atoms with Gasteiger partial charge in [0.25, 0.3) is 0 Å². The van der Waals surface area contributed by atoms with E-state index in [9.17, 15) is 18.0 Å². The second-order valence-corrected chi connectivity index (χ2v) is 6.89. The molecule has 1 fully saturated rings. The van der Waals surface area contributed by atoms with Crippen LogP contribution < -0.4 is 0 Å². The van der Waals surface area contributed by atoms with Crippen LogP contribution in [0, 0.1) is 17.3 Å². The van der Waals surface area contributed by atoms with Gasteiger partial charge < -0.3 is 4.74 Å². The first kappa shape index (κ1) is 19.6. The molecule has 0 radical (unpaired) electrons. The van der Waals surface area contributed by atoms with Crippen LogP contribution in [0.5, 0.6) is 0 Å². The monoisotopic (exact) mass is 360 g/mol. The molecular formula is C15H21Cl2F3O2. The fourth-order valence-electron chi connectivity index (χ4n) is 2.50. The zero-order chi connectivity index (χ0) is 17.0. The third kappa shape index (κ3) is 5.34. The van der Waals surface area contributed by atoms with Gasteiger partial charge in [0.05, 0.1) is 12.5 Å². The van der Waals surface area contributed by atoms with Gasteiger partial charge in [-0.3, -0.25) is 4.79 Å². The Labute approximate surface area is 139 Å². The summed E-state index contributed by atoms with van der Waals surface area (Å²) in [6, 6.07) is 0. The first-order chi connectivity index (χ1) is 10.1. The Kier molecular flexibility index (Phi) is 7.06. The van der Waals surface area contributed by atoms with Gasteiger partial charge in [0.2, 0.25) is 0 Å². The van der Waals surface area contributed by atoms with Crippen molar-refractivity contribution in [3.05, 3.63) is 11.1 Å². The average molecular weight is 361 g/mol. The molecule has 0 aromatic carbocycles. The van der Waals surface area contributed by atoms with Crippen LogP contribution in [-0.2, 0) is 9.53 Å². The molecule has 7 heteroatoms. The molecule has 0 bridgehead atoms. The Morgan fingerprint density at radius 3 is 2.36 bits per heavy atom. The number of allylic oxidation sites excluding steroid dienone is 2. The van der Waals surface area contributed by atoms with Crippen LogP contribution in [0.25, 0.3) is 0 Å². The summed E-state index contributed by atoms with van der Waals surface area (Å²) in [5.74, 6) is -0.934. The lowest BCUT2D eigenvalue weighted by atomic mass is 10.1. The lowest BCUT2D eigenvalue weighted by molar-refractivity contribution is -0.146.